The summed E-state index contributed by atoms with van der Waals surface area (Å²) >= 11 is 0. The molecule has 1 saturated carbocycles. The van der Waals surface area contributed by atoms with Gasteiger partial charge in [0.15, 0.2) is 6.29 Å². The highest BCUT2D eigenvalue weighted by atomic mass is 19.1. The number of fused-ring (bicyclic) bond motifs is 1. The minimum absolute atomic E-state index is 0.189. The Labute approximate surface area is 154 Å². The molecular weight excluding hydrogens is 327 g/mol. The van der Waals surface area contributed by atoms with E-state index in [1.807, 2.05) is 12.1 Å². The number of hydrogen-bond donors (Lipinski definition) is 0. The summed E-state index contributed by atoms with van der Waals surface area (Å²) < 4.78 is 15.5. The number of nitrogens with zero attached hydrogens (tertiary/aromatic N) is 2. The van der Waals surface area contributed by atoms with Gasteiger partial charge >= 0.3 is 0 Å². The van der Waals surface area contributed by atoms with Gasteiger partial charge in [0.2, 0.25) is 0 Å². The van der Waals surface area contributed by atoms with Crippen molar-refractivity contribution in [3.8, 4) is 0 Å². The van der Waals surface area contributed by atoms with Gasteiger partial charge in [-0.1, -0.05) is 37.8 Å². The standard InChI is InChI=1S/C22H27FN2O/c23-18-12-10-16(11-13-18)14-17-6-4-5-9-20-21(15-26)24-25(22(17)20)19-7-2-1-3-8-19/h10-13,15,17,19H,1-9,14H2. The summed E-state index contributed by atoms with van der Waals surface area (Å²) in [4.78, 5) is 11.7. The van der Waals surface area contributed by atoms with E-state index in [1.165, 1.54) is 36.9 Å². The normalized spacial score (nSPS) is 21.2. The molecule has 2 aliphatic rings. The molecule has 1 aromatic carbocycles. The smallest absolute Gasteiger partial charge is 0.170 e. The van der Waals surface area contributed by atoms with Crippen molar-refractivity contribution in [1.82, 2.24) is 9.78 Å². The number of carbonyl (C=O) groups excluding carboxylic acids is 1. The lowest BCUT2D eigenvalue weighted by Crippen LogP contribution is -2.19. The molecule has 0 aliphatic heterocycles. The molecule has 3 nitrogen and oxygen atoms in total. The van der Waals surface area contributed by atoms with Crippen LogP contribution < -0.4 is 0 Å². The van der Waals surface area contributed by atoms with Crippen molar-refractivity contribution in [3.05, 3.63) is 52.6 Å². The van der Waals surface area contributed by atoms with Gasteiger partial charge in [0.25, 0.3) is 0 Å². The van der Waals surface area contributed by atoms with E-state index in [0.717, 1.165) is 50.4 Å². The second-order valence-corrected chi connectivity index (χ2v) is 7.88. The van der Waals surface area contributed by atoms with Gasteiger partial charge in [-0.2, -0.15) is 5.10 Å². The molecule has 4 rings (SSSR count). The zero-order valence-electron chi connectivity index (χ0n) is 15.3. The number of carbonyl (C=O) groups is 1. The lowest BCUT2D eigenvalue weighted by atomic mass is 9.89. The number of aldehydes is 1. The summed E-state index contributed by atoms with van der Waals surface area (Å²) in [5.41, 5.74) is 4.28. The number of hydrogen-bond acceptors (Lipinski definition) is 2. The lowest BCUT2D eigenvalue weighted by Gasteiger charge is -2.27. The van der Waals surface area contributed by atoms with E-state index >= 15 is 0 Å². The predicted octanol–water partition coefficient (Wildman–Crippen LogP) is 5.39. The van der Waals surface area contributed by atoms with Crippen LogP contribution >= 0.6 is 0 Å². The van der Waals surface area contributed by atoms with Crippen LogP contribution in [0.2, 0.25) is 0 Å². The third kappa shape index (κ3) is 3.46. The largest absolute Gasteiger partial charge is 0.296 e. The first kappa shape index (κ1) is 17.4. The van der Waals surface area contributed by atoms with Gasteiger partial charge < -0.3 is 0 Å². The zero-order valence-corrected chi connectivity index (χ0v) is 15.3. The fourth-order valence-corrected chi connectivity index (χ4v) is 4.82. The van der Waals surface area contributed by atoms with Crippen molar-refractivity contribution in [3.63, 3.8) is 0 Å². The van der Waals surface area contributed by atoms with Crippen molar-refractivity contribution >= 4 is 6.29 Å². The maximum Gasteiger partial charge on any atom is 0.170 e. The molecule has 4 heteroatoms. The molecule has 0 N–H and O–H groups in total. The zero-order chi connectivity index (χ0) is 17.9. The quantitative estimate of drug-likeness (QED) is 0.545. The Bertz CT molecular complexity index is 759. The van der Waals surface area contributed by atoms with Crippen LogP contribution in [0.1, 0.15) is 90.6 Å². The monoisotopic (exact) mass is 354 g/mol. The fraction of sp³-hybridized carbons (Fsp3) is 0.545. The van der Waals surface area contributed by atoms with E-state index in [4.69, 9.17) is 5.10 Å². The van der Waals surface area contributed by atoms with Gasteiger partial charge in [-0.15, -0.1) is 0 Å². The Balaban J connectivity index is 1.72. The van der Waals surface area contributed by atoms with Crippen molar-refractivity contribution in [2.45, 2.75) is 76.2 Å². The highest BCUT2D eigenvalue weighted by Crippen LogP contribution is 2.38. The SMILES string of the molecule is O=Cc1nn(C2CCCCC2)c2c1CCCCC2Cc1ccc(F)cc1. The van der Waals surface area contributed by atoms with Crippen LogP contribution in [0, 0.1) is 5.82 Å². The van der Waals surface area contributed by atoms with Gasteiger partial charge in [-0.05, 0) is 56.2 Å². The van der Waals surface area contributed by atoms with Crippen molar-refractivity contribution in [2.75, 3.05) is 0 Å². The van der Waals surface area contributed by atoms with Gasteiger partial charge in [-0.3, -0.25) is 9.48 Å². The molecule has 1 fully saturated rings. The second kappa shape index (κ2) is 7.73. The first-order valence-corrected chi connectivity index (χ1v) is 10.1. The molecule has 138 valence electrons. The maximum absolute atomic E-state index is 13.3. The van der Waals surface area contributed by atoms with E-state index in [-0.39, 0.29) is 5.82 Å². The van der Waals surface area contributed by atoms with E-state index in [9.17, 15) is 9.18 Å². The molecule has 1 aromatic heterocycles. The second-order valence-electron chi connectivity index (χ2n) is 7.88. The fourth-order valence-electron chi connectivity index (χ4n) is 4.82. The molecule has 0 bridgehead atoms. The van der Waals surface area contributed by atoms with Crippen LogP contribution in [-0.2, 0) is 12.8 Å². The molecule has 1 atom stereocenters. The van der Waals surface area contributed by atoms with Crippen LogP contribution in [0.4, 0.5) is 4.39 Å². The summed E-state index contributed by atoms with van der Waals surface area (Å²) in [6, 6.07) is 7.30. The van der Waals surface area contributed by atoms with Crippen LogP contribution in [0.15, 0.2) is 24.3 Å². The van der Waals surface area contributed by atoms with E-state index in [0.29, 0.717) is 17.7 Å². The third-order valence-corrected chi connectivity index (χ3v) is 6.12. The van der Waals surface area contributed by atoms with Gasteiger partial charge in [0, 0.05) is 17.2 Å². The molecule has 2 aliphatic carbocycles. The van der Waals surface area contributed by atoms with Crippen molar-refractivity contribution in [2.24, 2.45) is 0 Å². The highest BCUT2D eigenvalue weighted by Gasteiger charge is 2.30. The minimum atomic E-state index is -0.189. The Morgan fingerprint density at radius 2 is 1.77 bits per heavy atom. The molecule has 0 radical (unpaired) electrons. The minimum Gasteiger partial charge on any atom is -0.296 e. The summed E-state index contributed by atoms with van der Waals surface area (Å²) in [6.07, 6.45) is 12.3. The molecule has 1 unspecified atom stereocenters. The number of rotatable bonds is 4. The number of aromatic nitrogens is 2. The first-order valence-electron chi connectivity index (χ1n) is 10.1. The molecule has 0 saturated heterocycles. The lowest BCUT2D eigenvalue weighted by molar-refractivity contribution is 0.111. The molecule has 0 spiro atoms. The Morgan fingerprint density at radius 1 is 1.04 bits per heavy atom. The van der Waals surface area contributed by atoms with Crippen LogP contribution in [-0.4, -0.2) is 16.1 Å². The van der Waals surface area contributed by atoms with Crippen molar-refractivity contribution in [1.29, 1.82) is 0 Å². The third-order valence-electron chi connectivity index (χ3n) is 6.12. The number of halogens is 1. The van der Waals surface area contributed by atoms with Gasteiger partial charge in [0.05, 0.1) is 6.04 Å². The van der Waals surface area contributed by atoms with E-state index in [1.54, 1.807) is 12.1 Å². The number of benzene rings is 1. The molecule has 0 amide bonds. The molecule has 2 aromatic rings. The van der Waals surface area contributed by atoms with Crippen molar-refractivity contribution < 1.29 is 9.18 Å². The molecular formula is C22H27FN2O. The highest BCUT2D eigenvalue weighted by molar-refractivity contribution is 5.75. The topological polar surface area (TPSA) is 34.9 Å². The Hall–Kier alpha value is -1.97. The van der Waals surface area contributed by atoms with Gasteiger partial charge in [0.1, 0.15) is 11.5 Å². The van der Waals surface area contributed by atoms with Gasteiger partial charge in [-0.25, -0.2) is 4.39 Å². The molecule has 26 heavy (non-hydrogen) atoms. The summed E-state index contributed by atoms with van der Waals surface area (Å²) in [5, 5.41) is 4.77. The summed E-state index contributed by atoms with van der Waals surface area (Å²) in [6.45, 7) is 0. The Kier molecular flexibility index (Phi) is 5.18. The Morgan fingerprint density at radius 3 is 2.50 bits per heavy atom. The average Bonchev–Trinajstić information content (AvgIpc) is 2.93. The van der Waals surface area contributed by atoms with E-state index < -0.39 is 0 Å². The first-order chi connectivity index (χ1) is 12.8. The molecule has 1 heterocycles. The van der Waals surface area contributed by atoms with Crippen LogP contribution in [0.25, 0.3) is 0 Å². The van der Waals surface area contributed by atoms with E-state index in [2.05, 4.69) is 4.68 Å². The summed E-state index contributed by atoms with van der Waals surface area (Å²) in [7, 11) is 0. The van der Waals surface area contributed by atoms with Crippen LogP contribution in [0.3, 0.4) is 0 Å². The average molecular weight is 354 g/mol. The van der Waals surface area contributed by atoms with Crippen LogP contribution in [0.5, 0.6) is 0 Å². The maximum atomic E-state index is 13.3. The summed E-state index contributed by atoms with van der Waals surface area (Å²) in [5.74, 6) is 0.173. The predicted molar refractivity (Wildman–Crippen MR) is 100 cm³/mol.